The largest absolute Gasteiger partial charge is 0.481 e. The molecule has 0 aliphatic heterocycles. The molecule has 2 nitrogen and oxygen atoms in total. The summed E-state index contributed by atoms with van der Waals surface area (Å²) < 4.78 is 14.0. The summed E-state index contributed by atoms with van der Waals surface area (Å²) in [7, 11) is 0. The maximum Gasteiger partial charge on any atom is 0.314 e. The molecule has 2 rings (SSSR count). The Morgan fingerprint density at radius 2 is 1.83 bits per heavy atom. The third kappa shape index (κ3) is 2.24. The van der Waals surface area contributed by atoms with Crippen LogP contribution in [0.3, 0.4) is 0 Å². The van der Waals surface area contributed by atoms with Crippen LogP contribution in [0.2, 0.25) is 5.02 Å². The first-order valence-electron chi connectivity index (χ1n) is 6.26. The molecular weight excluding hydrogens is 255 g/mol. The minimum Gasteiger partial charge on any atom is -0.481 e. The molecule has 0 atom stereocenters. The van der Waals surface area contributed by atoms with Crippen LogP contribution in [-0.4, -0.2) is 11.1 Å². The molecule has 0 heterocycles. The van der Waals surface area contributed by atoms with Crippen LogP contribution in [0.1, 0.15) is 44.1 Å². The third-order valence-corrected chi connectivity index (χ3v) is 4.12. The van der Waals surface area contributed by atoms with Gasteiger partial charge in [-0.1, -0.05) is 43.4 Å². The average molecular weight is 271 g/mol. The van der Waals surface area contributed by atoms with Gasteiger partial charge in [-0.25, -0.2) is 4.39 Å². The summed E-state index contributed by atoms with van der Waals surface area (Å²) in [6.07, 6.45) is 4.53. The molecule has 0 spiro atoms. The van der Waals surface area contributed by atoms with Crippen molar-refractivity contribution in [1.29, 1.82) is 0 Å². The van der Waals surface area contributed by atoms with E-state index in [1.807, 2.05) is 0 Å². The number of carboxylic acid groups (broad SMARTS) is 1. The third-order valence-electron chi connectivity index (χ3n) is 3.81. The highest BCUT2D eigenvalue weighted by Gasteiger charge is 2.43. The van der Waals surface area contributed by atoms with Gasteiger partial charge in [0.2, 0.25) is 0 Å². The summed E-state index contributed by atoms with van der Waals surface area (Å²) in [6.45, 7) is 0. The first-order chi connectivity index (χ1) is 8.58. The lowest BCUT2D eigenvalue weighted by Gasteiger charge is -2.29. The Bertz CT molecular complexity index is 431. The predicted octanol–water partition coefficient (Wildman–Crippen LogP) is 4.16. The van der Waals surface area contributed by atoms with E-state index in [4.69, 9.17) is 11.6 Å². The molecule has 0 saturated heterocycles. The van der Waals surface area contributed by atoms with Crippen LogP contribution in [0.15, 0.2) is 18.2 Å². The predicted molar refractivity (Wildman–Crippen MR) is 68.4 cm³/mol. The van der Waals surface area contributed by atoms with Gasteiger partial charge in [-0.3, -0.25) is 4.79 Å². The van der Waals surface area contributed by atoms with Crippen molar-refractivity contribution in [2.24, 2.45) is 0 Å². The minimum atomic E-state index is -1.15. The van der Waals surface area contributed by atoms with Crippen molar-refractivity contribution < 1.29 is 14.3 Å². The fraction of sp³-hybridized carbons (Fsp3) is 0.500. The van der Waals surface area contributed by atoms with Gasteiger partial charge in [-0.05, 0) is 25.0 Å². The highest BCUT2D eigenvalue weighted by atomic mass is 35.5. The van der Waals surface area contributed by atoms with Gasteiger partial charge in [0, 0.05) is 10.6 Å². The van der Waals surface area contributed by atoms with E-state index in [0.717, 1.165) is 25.7 Å². The molecule has 1 saturated carbocycles. The first-order valence-corrected chi connectivity index (χ1v) is 6.63. The lowest BCUT2D eigenvalue weighted by atomic mass is 9.74. The Morgan fingerprint density at radius 3 is 2.33 bits per heavy atom. The van der Waals surface area contributed by atoms with E-state index >= 15 is 0 Å². The standard InChI is InChI=1S/C14H16ClFO2/c15-10-6-5-7-11(16)12(10)14(13(17)18)8-3-1-2-4-9-14/h5-7H,1-4,8-9H2,(H,17,18). The summed E-state index contributed by atoms with van der Waals surface area (Å²) in [5.41, 5.74) is -0.986. The van der Waals surface area contributed by atoms with Gasteiger partial charge in [-0.2, -0.15) is 0 Å². The van der Waals surface area contributed by atoms with Crippen molar-refractivity contribution >= 4 is 17.6 Å². The molecule has 1 aromatic carbocycles. The summed E-state index contributed by atoms with van der Waals surface area (Å²) in [6, 6.07) is 4.36. The van der Waals surface area contributed by atoms with Crippen LogP contribution in [0, 0.1) is 5.82 Å². The number of carbonyl (C=O) groups is 1. The normalized spacial score (nSPS) is 19.2. The molecule has 1 aliphatic rings. The lowest BCUT2D eigenvalue weighted by Crippen LogP contribution is -2.36. The first kappa shape index (κ1) is 13.3. The van der Waals surface area contributed by atoms with Crippen molar-refractivity contribution in [2.45, 2.75) is 43.9 Å². The van der Waals surface area contributed by atoms with E-state index in [1.165, 1.54) is 12.1 Å². The van der Waals surface area contributed by atoms with Crippen molar-refractivity contribution in [3.8, 4) is 0 Å². The van der Waals surface area contributed by atoms with Crippen LogP contribution in [0.5, 0.6) is 0 Å². The van der Waals surface area contributed by atoms with Gasteiger partial charge in [0.05, 0.1) is 5.41 Å². The molecule has 1 fully saturated rings. The minimum absolute atomic E-state index is 0.168. The SMILES string of the molecule is O=C(O)C1(c2c(F)cccc2Cl)CCCCCC1. The number of aliphatic carboxylic acids is 1. The number of hydrogen-bond donors (Lipinski definition) is 1. The van der Waals surface area contributed by atoms with Gasteiger partial charge in [0.25, 0.3) is 0 Å². The summed E-state index contributed by atoms with van der Waals surface area (Å²) in [5.74, 6) is -1.47. The maximum absolute atomic E-state index is 14.0. The lowest BCUT2D eigenvalue weighted by molar-refractivity contribution is -0.144. The summed E-state index contributed by atoms with van der Waals surface area (Å²) in [5, 5.41) is 9.81. The topological polar surface area (TPSA) is 37.3 Å². The highest BCUT2D eigenvalue weighted by Crippen LogP contribution is 2.42. The van der Waals surface area contributed by atoms with Crippen LogP contribution in [0.4, 0.5) is 4.39 Å². The van der Waals surface area contributed by atoms with E-state index in [1.54, 1.807) is 6.07 Å². The van der Waals surface area contributed by atoms with Gasteiger partial charge < -0.3 is 5.11 Å². The van der Waals surface area contributed by atoms with Gasteiger partial charge in [-0.15, -0.1) is 0 Å². The van der Waals surface area contributed by atoms with E-state index < -0.39 is 17.2 Å². The Kier molecular flexibility index (Phi) is 3.91. The highest BCUT2D eigenvalue weighted by molar-refractivity contribution is 6.31. The van der Waals surface area contributed by atoms with Crippen molar-refractivity contribution in [1.82, 2.24) is 0 Å². The van der Waals surface area contributed by atoms with Crippen LogP contribution < -0.4 is 0 Å². The smallest absolute Gasteiger partial charge is 0.314 e. The molecule has 98 valence electrons. The molecule has 0 amide bonds. The number of hydrogen-bond acceptors (Lipinski definition) is 1. The van der Waals surface area contributed by atoms with Crippen molar-refractivity contribution in [2.75, 3.05) is 0 Å². The zero-order chi connectivity index (χ0) is 13.2. The Balaban J connectivity index is 2.56. The van der Waals surface area contributed by atoms with Gasteiger partial charge >= 0.3 is 5.97 Å². The zero-order valence-electron chi connectivity index (χ0n) is 10.1. The molecule has 0 unspecified atom stereocenters. The quantitative estimate of drug-likeness (QED) is 0.820. The van der Waals surface area contributed by atoms with Crippen LogP contribution in [-0.2, 0) is 10.2 Å². The Hall–Kier alpha value is -1.09. The molecule has 1 N–H and O–H groups in total. The fourth-order valence-corrected chi connectivity index (χ4v) is 3.20. The van der Waals surface area contributed by atoms with Crippen LogP contribution >= 0.6 is 11.6 Å². The van der Waals surface area contributed by atoms with E-state index in [-0.39, 0.29) is 10.6 Å². The van der Waals surface area contributed by atoms with Crippen molar-refractivity contribution in [3.63, 3.8) is 0 Å². The molecular formula is C14H16ClFO2. The maximum atomic E-state index is 14.0. The fourth-order valence-electron chi connectivity index (χ4n) is 2.86. The second kappa shape index (κ2) is 5.27. The number of halogens is 2. The second-order valence-electron chi connectivity index (χ2n) is 4.90. The molecule has 0 bridgehead atoms. The molecule has 0 aromatic heterocycles. The molecule has 4 heteroatoms. The molecule has 1 aliphatic carbocycles. The Labute approximate surface area is 111 Å². The molecule has 1 aromatic rings. The second-order valence-corrected chi connectivity index (χ2v) is 5.31. The number of benzene rings is 1. The van der Waals surface area contributed by atoms with E-state index in [0.29, 0.717) is 12.8 Å². The number of rotatable bonds is 2. The van der Waals surface area contributed by atoms with Crippen LogP contribution in [0.25, 0.3) is 0 Å². The van der Waals surface area contributed by atoms with E-state index in [2.05, 4.69) is 0 Å². The zero-order valence-corrected chi connectivity index (χ0v) is 10.8. The molecule has 18 heavy (non-hydrogen) atoms. The monoisotopic (exact) mass is 270 g/mol. The number of carboxylic acids is 1. The summed E-state index contributed by atoms with van der Waals surface area (Å²) in [4.78, 5) is 11.7. The van der Waals surface area contributed by atoms with Gasteiger partial charge in [0.1, 0.15) is 5.82 Å². The van der Waals surface area contributed by atoms with Gasteiger partial charge in [0.15, 0.2) is 0 Å². The molecule has 0 radical (unpaired) electrons. The average Bonchev–Trinajstić information content (AvgIpc) is 2.55. The summed E-state index contributed by atoms with van der Waals surface area (Å²) >= 11 is 6.05. The van der Waals surface area contributed by atoms with Crippen molar-refractivity contribution in [3.05, 3.63) is 34.6 Å². The van der Waals surface area contributed by atoms with E-state index in [9.17, 15) is 14.3 Å². The Morgan fingerprint density at radius 1 is 1.22 bits per heavy atom.